The molecule has 5 rings (SSSR count). The number of hydrogen-bond acceptors (Lipinski definition) is 0. The lowest BCUT2D eigenvalue weighted by Gasteiger charge is -2.05. The molecule has 0 unspecified atom stereocenters. The number of aryl methyl sites for hydroxylation is 1. The number of alkyl halides is 3. The van der Waals surface area contributed by atoms with E-state index in [1.807, 2.05) is 46.9 Å². The van der Waals surface area contributed by atoms with Gasteiger partial charge in [0.1, 0.15) is 17.4 Å². The molecule has 0 aliphatic heterocycles. The monoisotopic (exact) mass is 401 g/mol. The number of para-hydroxylation sites is 1. The van der Waals surface area contributed by atoms with Crippen molar-refractivity contribution in [1.29, 1.82) is 0 Å². The summed E-state index contributed by atoms with van der Waals surface area (Å²) < 4.78 is 44.4. The molecular formula is C21H15ClF3N3. The second kappa shape index (κ2) is 6.27. The maximum absolute atomic E-state index is 12.8. The van der Waals surface area contributed by atoms with E-state index in [9.17, 15) is 13.2 Å². The molecule has 3 nitrogen and oxygen atoms in total. The van der Waals surface area contributed by atoms with Crippen molar-refractivity contribution in [3.63, 3.8) is 0 Å². The van der Waals surface area contributed by atoms with Gasteiger partial charge in [0.2, 0.25) is 0 Å². The lowest BCUT2D eigenvalue weighted by atomic mass is 10.2. The van der Waals surface area contributed by atoms with Crippen LogP contribution in [0, 0.1) is 0 Å². The van der Waals surface area contributed by atoms with Crippen molar-refractivity contribution in [3.8, 4) is 5.69 Å². The fourth-order valence-corrected chi connectivity index (χ4v) is 3.75. The number of hydrogen-bond donors (Lipinski definition) is 0. The van der Waals surface area contributed by atoms with Gasteiger partial charge in [0, 0.05) is 23.3 Å². The van der Waals surface area contributed by atoms with Crippen LogP contribution in [0.5, 0.6) is 0 Å². The van der Waals surface area contributed by atoms with Crippen LogP contribution >= 0.6 is 0 Å². The molecule has 142 valence electrons. The molecule has 0 N–H and O–H groups in total. The Balaban J connectivity index is 0.00000192. The number of imidazole rings is 1. The molecule has 0 aliphatic rings. The van der Waals surface area contributed by atoms with Gasteiger partial charge in [-0.2, -0.15) is 13.2 Å². The molecule has 0 radical (unpaired) electrons. The van der Waals surface area contributed by atoms with E-state index in [0.717, 1.165) is 34.1 Å². The maximum Gasteiger partial charge on any atom is 0.416 e. The average molecular weight is 402 g/mol. The Morgan fingerprint density at radius 3 is 2.32 bits per heavy atom. The number of fused-ring (bicyclic) bond motifs is 5. The molecule has 0 saturated carbocycles. The fourth-order valence-electron chi connectivity index (χ4n) is 3.75. The van der Waals surface area contributed by atoms with Crippen LogP contribution in [0.15, 0.2) is 73.3 Å². The van der Waals surface area contributed by atoms with Gasteiger partial charge in [0.05, 0.1) is 11.8 Å². The summed E-state index contributed by atoms with van der Waals surface area (Å²) in [7, 11) is 2.03. The van der Waals surface area contributed by atoms with Gasteiger partial charge in [-0.05, 0) is 36.4 Å². The van der Waals surface area contributed by atoms with Gasteiger partial charge in [-0.3, -0.25) is 0 Å². The zero-order valence-electron chi connectivity index (χ0n) is 14.8. The quantitative estimate of drug-likeness (QED) is 0.381. The number of halogens is 4. The van der Waals surface area contributed by atoms with E-state index in [-0.39, 0.29) is 12.4 Å². The molecular weight excluding hydrogens is 387 g/mol. The lowest BCUT2D eigenvalue weighted by Crippen LogP contribution is -3.00. The van der Waals surface area contributed by atoms with Crippen molar-refractivity contribution in [1.82, 2.24) is 9.13 Å². The van der Waals surface area contributed by atoms with Crippen LogP contribution in [-0.2, 0) is 13.2 Å². The first-order chi connectivity index (χ1) is 12.9. The molecule has 0 fully saturated rings. The van der Waals surface area contributed by atoms with Crippen LogP contribution in [0.1, 0.15) is 5.56 Å². The molecule has 2 aromatic carbocycles. The average Bonchev–Trinajstić information content (AvgIpc) is 3.21. The molecule has 3 heterocycles. The van der Waals surface area contributed by atoms with Crippen LogP contribution in [0.4, 0.5) is 13.2 Å². The van der Waals surface area contributed by atoms with Crippen LogP contribution < -0.4 is 16.8 Å². The molecule has 0 amide bonds. The van der Waals surface area contributed by atoms with Crippen molar-refractivity contribution in [2.24, 2.45) is 7.05 Å². The van der Waals surface area contributed by atoms with E-state index in [1.165, 1.54) is 17.5 Å². The predicted molar refractivity (Wildman–Crippen MR) is 97.9 cm³/mol. The summed E-state index contributed by atoms with van der Waals surface area (Å²) >= 11 is 0. The van der Waals surface area contributed by atoms with E-state index in [4.69, 9.17) is 0 Å². The first-order valence-electron chi connectivity index (χ1n) is 8.50. The topological polar surface area (TPSA) is 14.0 Å². The SMILES string of the molecule is Cn1c2ccccc2c2cc[n+]3cn(-c4ccc(C(F)(F)F)cc4)cc3c21.[Cl-]. The second-order valence-corrected chi connectivity index (χ2v) is 6.64. The van der Waals surface area contributed by atoms with Gasteiger partial charge in [0.25, 0.3) is 6.33 Å². The fraction of sp³-hybridized carbons (Fsp3) is 0.0952. The standard InChI is InChI=1S/C21H15F3N3.ClH/c1-25-18-5-3-2-4-16(18)17-10-11-26-13-27(12-19(26)20(17)25)15-8-6-14(7-9-15)21(22,23)24;/h2-13H,1H3;1H/q+1;/p-1. The summed E-state index contributed by atoms with van der Waals surface area (Å²) in [6.45, 7) is 0. The minimum Gasteiger partial charge on any atom is -1.00 e. The molecule has 5 aromatic rings. The van der Waals surface area contributed by atoms with E-state index < -0.39 is 11.7 Å². The van der Waals surface area contributed by atoms with E-state index in [2.05, 4.69) is 22.8 Å². The van der Waals surface area contributed by atoms with Gasteiger partial charge in [-0.25, -0.2) is 8.97 Å². The maximum atomic E-state index is 12.8. The van der Waals surface area contributed by atoms with Gasteiger partial charge >= 0.3 is 6.18 Å². The van der Waals surface area contributed by atoms with Crippen LogP contribution in [0.2, 0.25) is 0 Å². The third kappa shape index (κ3) is 2.64. The lowest BCUT2D eigenvalue weighted by molar-refractivity contribution is -0.510. The first-order valence-corrected chi connectivity index (χ1v) is 8.50. The smallest absolute Gasteiger partial charge is 0.416 e. The van der Waals surface area contributed by atoms with Crippen molar-refractivity contribution < 1.29 is 30.0 Å². The largest absolute Gasteiger partial charge is 1.00 e. The van der Waals surface area contributed by atoms with Gasteiger partial charge in [-0.15, -0.1) is 0 Å². The molecule has 0 bridgehead atoms. The van der Waals surface area contributed by atoms with Crippen molar-refractivity contribution in [2.75, 3.05) is 0 Å². The summed E-state index contributed by atoms with van der Waals surface area (Å²) in [6, 6.07) is 15.5. The minimum atomic E-state index is -4.33. The highest BCUT2D eigenvalue weighted by molar-refractivity contribution is 6.11. The third-order valence-corrected chi connectivity index (χ3v) is 5.07. The van der Waals surface area contributed by atoms with Crippen molar-refractivity contribution in [2.45, 2.75) is 6.18 Å². The molecule has 0 spiro atoms. The van der Waals surface area contributed by atoms with Crippen molar-refractivity contribution >= 4 is 27.3 Å². The Labute approximate surface area is 164 Å². The Bertz CT molecular complexity index is 1310. The highest BCUT2D eigenvalue weighted by Crippen LogP contribution is 2.31. The molecule has 7 heteroatoms. The Morgan fingerprint density at radius 1 is 0.893 bits per heavy atom. The Morgan fingerprint density at radius 2 is 1.61 bits per heavy atom. The van der Waals surface area contributed by atoms with Crippen LogP contribution in [-0.4, -0.2) is 9.13 Å². The third-order valence-electron chi connectivity index (χ3n) is 5.07. The van der Waals surface area contributed by atoms with Crippen molar-refractivity contribution in [3.05, 3.63) is 78.9 Å². The van der Waals surface area contributed by atoms with E-state index in [1.54, 1.807) is 0 Å². The predicted octanol–water partition coefficient (Wildman–Crippen LogP) is 1.88. The van der Waals surface area contributed by atoms with E-state index in [0.29, 0.717) is 5.69 Å². The normalized spacial score (nSPS) is 12.0. The van der Waals surface area contributed by atoms with Crippen LogP contribution in [0.25, 0.3) is 33.0 Å². The Kier molecular flexibility index (Phi) is 4.12. The van der Waals surface area contributed by atoms with E-state index >= 15 is 0 Å². The zero-order valence-corrected chi connectivity index (χ0v) is 15.5. The number of pyridine rings is 1. The summed E-state index contributed by atoms with van der Waals surface area (Å²) in [5.41, 5.74) is 3.25. The van der Waals surface area contributed by atoms with Gasteiger partial charge in [-0.1, -0.05) is 18.2 Å². The van der Waals surface area contributed by atoms with Gasteiger partial charge < -0.3 is 17.0 Å². The zero-order chi connectivity index (χ0) is 18.8. The molecule has 28 heavy (non-hydrogen) atoms. The van der Waals surface area contributed by atoms with Gasteiger partial charge in [0.15, 0.2) is 5.52 Å². The van der Waals surface area contributed by atoms with Crippen LogP contribution in [0.3, 0.4) is 0 Å². The summed E-state index contributed by atoms with van der Waals surface area (Å²) in [4.78, 5) is 0. The second-order valence-electron chi connectivity index (χ2n) is 6.64. The first kappa shape index (κ1) is 18.4. The summed E-state index contributed by atoms with van der Waals surface area (Å²) in [6.07, 6.45) is 1.47. The highest BCUT2D eigenvalue weighted by Gasteiger charge is 2.30. The molecule has 3 aromatic heterocycles. The summed E-state index contributed by atoms with van der Waals surface area (Å²) in [5.74, 6) is 0. The number of aromatic nitrogens is 3. The number of benzene rings is 2. The number of rotatable bonds is 1. The Hall–Kier alpha value is -2.99. The minimum absolute atomic E-state index is 0. The summed E-state index contributed by atoms with van der Waals surface area (Å²) in [5, 5.41) is 2.33. The highest BCUT2D eigenvalue weighted by atomic mass is 35.5. The number of nitrogens with zero attached hydrogens (tertiary/aromatic N) is 3. The molecule has 0 aliphatic carbocycles. The molecule has 0 atom stereocenters. The molecule has 0 saturated heterocycles.